The Balaban J connectivity index is 2.11. The summed E-state index contributed by atoms with van der Waals surface area (Å²) in [6, 6.07) is 6.28. The highest BCUT2D eigenvalue weighted by molar-refractivity contribution is 9.09. The van der Waals surface area contributed by atoms with Gasteiger partial charge in [-0.15, -0.1) is 0 Å². The number of hydrogen-bond donors (Lipinski definition) is 1. The highest BCUT2D eigenvalue weighted by atomic mass is 79.9. The van der Waals surface area contributed by atoms with Gasteiger partial charge in [0.05, 0.1) is 5.41 Å². The average molecular weight is 294 g/mol. The Bertz CT molecular complexity index is 471. The average Bonchev–Trinajstić information content (AvgIpc) is 2.63. The van der Waals surface area contributed by atoms with Crippen LogP contribution in [-0.4, -0.2) is 11.2 Å². The molecule has 1 unspecified atom stereocenters. The summed E-state index contributed by atoms with van der Waals surface area (Å²) < 4.78 is 0. The third-order valence-corrected chi connectivity index (χ3v) is 4.66. The van der Waals surface area contributed by atoms with Gasteiger partial charge < -0.3 is 5.32 Å². The minimum atomic E-state index is -0.224. The number of rotatable bonds is 3. The number of benzene rings is 1. The van der Waals surface area contributed by atoms with E-state index in [0.29, 0.717) is 0 Å². The van der Waals surface area contributed by atoms with Gasteiger partial charge in [0, 0.05) is 11.0 Å². The van der Waals surface area contributed by atoms with Crippen molar-refractivity contribution in [2.45, 2.75) is 37.5 Å². The van der Waals surface area contributed by atoms with Crippen molar-refractivity contribution in [2.24, 2.45) is 0 Å². The van der Waals surface area contributed by atoms with Gasteiger partial charge in [-0.25, -0.2) is 0 Å². The standard InChI is InChI=1S/C14H16BrNO/c15-9-3-8-14-7-2-5-10-4-1-6-11(12(10)14)16-13(14)17/h1,4,6H,2-3,5,7-9H2,(H,16,17). The topological polar surface area (TPSA) is 29.1 Å². The van der Waals surface area contributed by atoms with Crippen molar-refractivity contribution in [2.75, 3.05) is 10.6 Å². The molecule has 1 atom stereocenters. The van der Waals surface area contributed by atoms with Crippen LogP contribution in [0, 0.1) is 0 Å². The maximum atomic E-state index is 12.3. The van der Waals surface area contributed by atoms with Gasteiger partial charge in [-0.05, 0) is 49.3 Å². The van der Waals surface area contributed by atoms with Gasteiger partial charge in [-0.1, -0.05) is 28.1 Å². The molecule has 2 aliphatic rings. The molecule has 0 saturated heterocycles. The molecule has 1 heterocycles. The smallest absolute Gasteiger partial charge is 0.235 e. The van der Waals surface area contributed by atoms with E-state index in [0.717, 1.165) is 43.1 Å². The lowest BCUT2D eigenvalue weighted by molar-refractivity contribution is -0.121. The molecule has 3 heteroatoms. The zero-order valence-corrected chi connectivity index (χ0v) is 11.3. The monoisotopic (exact) mass is 293 g/mol. The van der Waals surface area contributed by atoms with Crippen molar-refractivity contribution in [3.63, 3.8) is 0 Å². The Labute approximate surface area is 110 Å². The first-order valence-corrected chi connectivity index (χ1v) is 7.40. The molecule has 0 radical (unpaired) electrons. The number of aryl methyl sites for hydroxylation is 1. The summed E-state index contributed by atoms with van der Waals surface area (Å²) >= 11 is 3.47. The fourth-order valence-corrected chi connectivity index (χ4v) is 3.66. The molecule has 0 saturated carbocycles. The molecule has 17 heavy (non-hydrogen) atoms. The second-order valence-electron chi connectivity index (χ2n) is 5.02. The van der Waals surface area contributed by atoms with E-state index in [1.165, 1.54) is 11.1 Å². The molecular formula is C14H16BrNO. The number of carbonyl (C=O) groups is 1. The van der Waals surface area contributed by atoms with E-state index < -0.39 is 0 Å². The Kier molecular flexibility index (Phi) is 2.74. The van der Waals surface area contributed by atoms with Crippen LogP contribution in [0.1, 0.15) is 36.8 Å². The molecule has 90 valence electrons. The molecule has 1 amide bonds. The Morgan fingerprint density at radius 3 is 3.12 bits per heavy atom. The van der Waals surface area contributed by atoms with E-state index in [2.05, 4.69) is 33.4 Å². The van der Waals surface area contributed by atoms with E-state index in [1.54, 1.807) is 0 Å². The fraction of sp³-hybridized carbons (Fsp3) is 0.500. The minimum absolute atomic E-state index is 0.223. The molecule has 3 rings (SSSR count). The number of alkyl halides is 1. The molecular weight excluding hydrogens is 278 g/mol. The molecule has 1 aromatic rings. The number of halogens is 1. The Hall–Kier alpha value is -0.830. The predicted molar refractivity (Wildman–Crippen MR) is 72.7 cm³/mol. The van der Waals surface area contributed by atoms with Crippen molar-refractivity contribution in [1.29, 1.82) is 0 Å². The lowest BCUT2D eigenvalue weighted by Crippen LogP contribution is -2.37. The summed E-state index contributed by atoms with van der Waals surface area (Å²) in [6.45, 7) is 0. The lowest BCUT2D eigenvalue weighted by Gasteiger charge is -2.33. The zero-order chi connectivity index (χ0) is 11.9. The van der Waals surface area contributed by atoms with Crippen molar-refractivity contribution >= 4 is 27.5 Å². The molecule has 0 spiro atoms. The summed E-state index contributed by atoms with van der Waals surface area (Å²) in [7, 11) is 0. The van der Waals surface area contributed by atoms with Crippen molar-refractivity contribution in [1.82, 2.24) is 0 Å². The van der Waals surface area contributed by atoms with Crippen LogP contribution in [0.4, 0.5) is 5.69 Å². The van der Waals surface area contributed by atoms with Gasteiger partial charge >= 0.3 is 0 Å². The van der Waals surface area contributed by atoms with Gasteiger partial charge in [0.2, 0.25) is 5.91 Å². The summed E-state index contributed by atoms with van der Waals surface area (Å²) in [5.41, 5.74) is 3.51. The van der Waals surface area contributed by atoms with Crippen LogP contribution < -0.4 is 5.32 Å². The van der Waals surface area contributed by atoms with Crippen molar-refractivity contribution in [3.8, 4) is 0 Å². The largest absolute Gasteiger partial charge is 0.325 e. The van der Waals surface area contributed by atoms with Crippen LogP contribution in [0.5, 0.6) is 0 Å². The summed E-state index contributed by atoms with van der Waals surface area (Å²) in [5, 5.41) is 4.05. The zero-order valence-electron chi connectivity index (χ0n) is 9.76. The van der Waals surface area contributed by atoms with Gasteiger partial charge in [0.25, 0.3) is 0 Å². The van der Waals surface area contributed by atoms with E-state index in [9.17, 15) is 4.79 Å². The van der Waals surface area contributed by atoms with Crippen LogP contribution in [0.25, 0.3) is 0 Å². The quantitative estimate of drug-likeness (QED) is 0.851. The Morgan fingerprint density at radius 1 is 1.41 bits per heavy atom. The van der Waals surface area contributed by atoms with Crippen LogP contribution in [0.3, 0.4) is 0 Å². The van der Waals surface area contributed by atoms with E-state index >= 15 is 0 Å². The summed E-state index contributed by atoms with van der Waals surface area (Å²) in [5.74, 6) is 0.223. The highest BCUT2D eigenvalue weighted by Crippen LogP contribution is 2.49. The first-order chi connectivity index (χ1) is 8.28. The minimum Gasteiger partial charge on any atom is -0.325 e. The first kappa shape index (κ1) is 11.3. The number of amides is 1. The maximum absolute atomic E-state index is 12.3. The van der Waals surface area contributed by atoms with E-state index in [4.69, 9.17) is 0 Å². The summed E-state index contributed by atoms with van der Waals surface area (Å²) in [6.07, 6.45) is 5.28. The SMILES string of the molecule is O=C1Nc2cccc3c2C1(CCCBr)CCC3. The maximum Gasteiger partial charge on any atom is 0.235 e. The first-order valence-electron chi connectivity index (χ1n) is 6.28. The van der Waals surface area contributed by atoms with Crippen LogP contribution in [0.2, 0.25) is 0 Å². The predicted octanol–water partition coefficient (Wildman–Crippen LogP) is 3.39. The van der Waals surface area contributed by atoms with Crippen LogP contribution in [-0.2, 0) is 16.6 Å². The molecule has 0 aromatic heterocycles. The number of hydrogen-bond acceptors (Lipinski definition) is 1. The van der Waals surface area contributed by atoms with Gasteiger partial charge in [0.1, 0.15) is 0 Å². The van der Waals surface area contributed by atoms with Gasteiger partial charge in [-0.3, -0.25) is 4.79 Å². The second-order valence-corrected chi connectivity index (χ2v) is 5.82. The molecule has 1 aliphatic carbocycles. The van der Waals surface area contributed by atoms with Crippen molar-refractivity contribution in [3.05, 3.63) is 29.3 Å². The normalized spacial score (nSPS) is 25.6. The van der Waals surface area contributed by atoms with Gasteiger partial charge in [-0.2, -0.15) is 0 Å². The highest BCUT2D eigenvalue weighted by Gasteiger charge is 2.48. The Morgan fingerprint density at radius 2 is 2.29 bits per heavy atom. The molecule has 0 bridgehead atoms. The number of anilines is 1. The van der Waals surface area contributed by atoms with Crippen LogP contribution >= 0.6 is 15.9 Å². The third-order valence-electron chi connectivity index (χ3n) is 4.10. The van der Waals surface area contributed by atoms with Crippen LogP contribution in [0.15, 0.2) is 18.2 Å². The molecule has 1 aromatic carbocycles. The molecule has 2 nitrogen and oxygen atoms in total. The summed E-state index contributed by atoms with van der Waals surface area (Å²) in [4.78, 5) is 12.3. The number of nitrogens with one attached hydrogen (secondary N) is 1. The lowest BCUT2D eigenvalue weighted by atomic mass is 9.68. The van der Waals surface area contributed by atoms with E-state index in [-0.39, 0.29) is 11.3 Å². The molecule has 1 aliphatic heterocycles. The van der Waals surface area contributed by atoms with E-state index in [1.807, 2.05) is 6.07 Å². The molecule has 1 N–H and O–H groups in total. The number of carbonyl (C=O) groups excluding carboxylic acids is 1. The van der Waals surface area contributed by atoms with Gasteiger partial charge in [0.15, 0.2) is 0 Å². The third kappa shape index (κ3) is 1.55. The molecule has 0 fully saturated rings. The fourth-order valence-electron chi connectivity index (χ4n) is 3.38. The van der Waals surface area contributed by atoms with Crippen molar-refractivity contribution < 1.29 is 4.79 Å². The second kappa shape index (κ2) is 4.13.